The van der Waals surface area contributed by atoms with Gasteiger partial charge in [0, 0.05) is 18.5 Å². The minimum atomic E-state index is -6.19. The van der Waals surface area contributed by atoms with Crippen LogP contribution in [0.2, 0.25) is 0 Å². The second kappa shape index (κ2) is 15.2. The molecule has 49 heavy (non-hydrogen) atoms. The molecule has 31 heteroatoms. The molecule has 4 heterocycles. The highest BCUT2D eigenvalue weighted by Crippen LogP contribution is 2.71. The molecule has 2 aromatic heterocycles. The van der Waals surface area contributed by atoms with Crippen molar-refractivity contribution in [2.24, 2.45) is 0 Å². The number of phosphoric acid groups is 4. The smallest absolute Gasteiger partial charge is 0.387 e. The number of thiol groups is 1. The van der Waals surface area contributed by atoms with Gasteiger partial charge in [0.05, 0.1) is 24.6 Å². The molecular weight excluding hydrogens is 796 g/mol. The van der Waals surface area contributed by atoms with Gasteiger partial charge >= 0.3 is 42.7 Å². The van der Waals surface area contributed by atoms with E-state index in [2.05, 4.69) is 39.6 Å². The van der Waals surface area contributed by atoms with Gasteiger partial charge in [-0.15, -0.1) is 0 Å². The average Bonchev–Trinajstić information content (AvgIpc) is 3.38. The minimum absolute atomic E-state index is 0.0275. The van der Waals surface area contributed by atoms with Crippen LogP contribution in [0.15, 0.2) is 38.9 Å². The third-order valence-corrected chi connectivity index (χ3v) is 13.1. The molecule has 0 radical (unpaired) electrons. The van der Waals surface area contributed by atoms with Crippen LogP contribution in [0.1, 0.15) is 12.5 Å². The van der Waals surface area contributed by atoms with E-state index in [1.165, 1.54) is 6.07 Å². The Morgan fingerprint density at radius 3 is 1.69 bits per heavy atom. The van der Waals surface area contributed by atoms with Crippen LogP contribution >= 0.6 is 56.1 Å². The van der Waals surface area contributed by atoms with Crippen molar-refractivity contribution in [3.05, 3.63) is 60.5 Å². The summed E-state index contributed by atoms with van der Waals surface area (Å²) in [5, 5.41) is 29.6. The zero-order valence-corrected chi connectivity index (χ0v) is 29.0. The first-order chi connectivity index (χ1) is 22.5. The Balaban J connectivity index is 1.31. The third-order valence-electron chi connectivity index (χ3n) is 6.35. The van der Waals surface area contributed by atoms with E-state index in [1.807, 2.05) is 4.98 Å². The Morgan fingerprint density at radius 1 is 0.714 bits per heavy atom. The number of aromatic nitrogens is 4. The van der Waals surface area contributed by atoms with Gasteiger partial charge < -0.3 is 44.4 Å². The van der Waals surface area contributed by atoms with Crippen LogP contribution < -0.4 is 16.9 Å². The van der Waals surface area contributed by atoms with Gasteiger partial charge in [0.1, 0.15) is 29.1 Å². The number of rotatable bonds is 14. The maximum absolute atomic E-state index is 12.3. The van der Waals surface area contributed by atoms with Crippen LogP contribution in [0, 0.1) is 4.64 Å². The number of H-pyrrole nitrogens is 2. The lowest BCUT2D eigenvalue weighted by molar-refractivity contribution is -0.0542. The number of ether oxygens (including phenoxy) is 2. The van der Waals surface area contributed by atoms with Crippen molar-refractivity contribution in [3.63, 3.8) is 0 Å². The summed E-state index contributed by atoms with van der Waals surface area (Å²) < 4.78 is 81.6. The molecule has 0 aromatic carbocycles. The van der Waals surface area contributed by atoms with Gasteiger partial charge in [-0.1, -0.05) is 12.2 Å². The number of aromatic amines is 2. The highest BCUT2D eigenvalue weighted by atomic mass is 32.1. The molecule has 0 saturated carbocycles. The van der Waals surface area contributed by atoms with Crippen molar-refractivity contribution in [3.8, 4) is 0 Å². The van der Waals surface area contributed by atoms with E-state index in [1.54, 1.807) is 0 Å². The predicted molar refractivity (Wildman–Crippen MR) is 160 cm³/mol. The second-order valence-electron chi connectivity index (χ2n) is 9.84. The van der Waals surface area contributed by atoms with Crippen molar-refractivity contribution < 1.29 is 84.6 Å². The standard InChI is InChI=1S/C18H26N4O21P4S2/c23-9-1-3-21(17(27)19-9)16-13(26)14(49)8(40-16)6-38-45(31,32)42-47(35,36)43-46(33,34)41-44(29,30)37-5-7-11(24)12(25)15(39-7)22-4-2-10(48)20-18(22)28/h1-4,7-8,11-16,24-26,49H,5-6H2,(H,29,30)(H,31,32)(H,33,34)(H,35,36)(H,19,23,27)(H,20,28,48)/t7-,8-,11-,12-,13-,14-,15-,16-/m1/s1. The SMILES string of the molecule is O=c1ccn([C@@H]2O[C@H](COP(=O)(O)OP(=O)(O)OP(=O)(O)OP(=O)(O)OC[C@H]3O[C@@H](n4ccc(=S)[nH]c4=O)[C@H](O)[C@@H]3O)[C@@H](S)[C@H]2O)c(=O)[nH]1. The van der Waals surface area contributed by atoms with Crippen LogP contribution in [0.3, 0.4) is 0 Å². The van der Waals surface area contributed by atoms with Crippen LogP contribution in [-0.2, 0) is 49.7 Å². The quantitative estimate of drug-likeness (QED) is 0.0566. The summed E-state index contributed by atoms with van der Waals surface area (Å²) in [6, 6.07) is 2.17. The molecule has 0 bridgehead atoms. The number of nitrogens with zero attached hydrogens (tertiary/aromatic N) is 2. The maximum atomic E-state index is 12.3. The summed E-state index contributed by atoms with van der Waals surface area (Å²) in [4.78, 5) is 78.7. The zero-order valence-electron chi connectivity index (χ0n) is 23.7. The van der Waals surface area contributed by atoms with E-state index in [4.69, 9.17) is 21.7 Å². The molecule has 4 unspecified atom stereocenters. The number of nitrogens with one attached hydrogen (secondary N) is 2. The van der Waals surface area contributed by atoms with Crippen molar-refractivity contribution in [2.45, 2.75) is 48.2 Å². The number of aliphatic hydroxyl groups excluding tert-OH is 3. The highest BCUT2D eigenvalue weighted by Gasteiger charge is 2.49. The van der Waals surface area contributed by atoms with Crippen molar-refractivity contribution in [2.75, 3.05) is 13.2 Å². The Kier molecular flexibility index (Phi) is 12.5. The summed E-state index contributed by atoms with van der Waals surface area (Å²) in [7, 11) is -23.9. The molecule has 12 atom stereocenters. The molecule has 4 rings (SSSR count). The first-order valence-electron chi connectivity index (χ1n) is 12.9. The predicted octanol–water partition coefficient (Wildman–Crippen LogP) is -1.88. The molecule has 9 N–H and O–H groups in total. The lowest BCUT2D eigenvalue weighted by Gasteiger charge is -2.21. The van der Waals surface area contributed by atoms with Gasteiger partial charge in [-0.25, -0.2) is 27.8 Å². The monoisotopic (exact) mass is 822 g/mol. The molecule has 0 amide bonds. The summed E-state index contributed by atoms with van der Waals surface area (Å²) in [5.41, 5.74) is -2.62. The first-order valence-corrected chi connectivity index (χ1v) is 19.8. The molecule has 2 fully saturated rings. The number of phosphoric ester groups is 2. The fraction of sp³-hybridized carbons (Fsp3) is 0.556. The number of aliphatic hydroxyl groups is 3. The van der Waals surface area contributed by atoms with Crippen molar-refractivity contribution in [1.29, 1.82) is 0 Å². The molecular formula is C18H26N4O21P4S2. The van der Waals surface area contributed by atoms with Crippen LogP contribution in [0.25, 0.3) is 0 Å². The largest absolute Gasteiger partial charge is 0.490 e. The Hall–Kier alpha value is -1.51. The van der Waals surface area contributed by atoms with Crippen molar-refractivity contribution in [1.82, 2.24) is 19.1 Å². The van der Waals surface area contributed by atoms with Crippen molar-refractivity contribution >= 4 is 56.1 Å². The molecule has 25 nitrogen and oxygen atoms in total. The summed E-state index contributed by atoms with van der Waals surface area (Å²) in [6.45, 7) is -2.19. The van der Waals surface area contributed by atoms with Crippen LogP contribution in [0.5, 0.6) is 0 Å². The minimum Gasteiger partial charge on any atom is -0.387 e. The van der Waals surface area contributed by atoms with E-state index >= 15 is 0 Å². The van der Waals surface area contributed by atoms with E-state index in [-0.39, 0.29) is 4.64 Å². The zero-order chi connectivity index (χ0) is 36.7. The van der Waals surface area contributed by atoms with E-state index in [0.29, 0.717) is 0 Å². The van der Waals surface area contributed by atoms with Gasteiger partial charge in [-0.3, -0.25) is 32.9 Å². The Bertz CT molecular complexity index is 1830. The molecule has 2 aliphatic rings. The number of hydrogen-bond acceptors (Lipinski definition) is 19. The van der Waals surface area contributed by atoms with Crippen LogP contribution in [0.4, 0.5) is 0 Å². The lowest BCUT2D eigenvalue weighted by Crippen LogP contribution is -2.36. The highest BCUT2D eigenvalue weighted by molar-refractivity contribution is 7.81. The number of hydrogen-bond donors (Lipinski definition) is 10. The van der Waals surface area contributed by atoms with E-state index in [0.717, 1.165) is 27.6 Å². The normalized spacial score (nSPS) is 32.2. The molecule has 2 aromatic rings. The van der Waals surface area contributed by atoms with Gasteiger partial charge in [0.15, 0.2) is 12.5 Å². The van der Waals surface area contributed by atoms with Gasteiger partial charge in [0.25, 0.3) is 5.56 Å². The van der Waals surface area contributed by atoms with Gasteiger partial charge in [-0.2, -0.15) is 25.6 Å². The van der Waals surface area contributed by atoms with Gasteiger partial charge in [0.2, 0.25) is 0 Å². The van der Waals surface area contributed by atoms with Gasteiger partial charge in [-0.05, 0) is 6.07 Å². The van der Waals surface area contributed by atoms with E-state index < -0.39 is 110 Å². The molecule has 2 saturated heterocycles. The topological polar surface area (TPSA) is 367 Å². The maximum Gasteiger partial charge on any atom is 0.490 e. The molecule has 0 spiro atoms. The summed E-state index contributed by atoms with van der Waals surface area (Å²) in [6.07, 6.45) is -9.29. The summed E-state index contributed by atoms with van der Waals surface area (Å²) in [5.74, 6) is 0. The fourth-order valence-electron chi connectivity index (χ4n) is 4.25. The lowest BCUT2D eigenvalue weighted by atomic mass is 10.1. The second-order valence-corrected chi connectivity index (χ2v) is 17.1. The first kappa shape index (κ1) is 40.3. The average molecular weight is 822 g/mol. The Morgan fingerprint density at radius 2 is 1.16 bits per heavy atom. The molecule has 2 aliphatic heterocycles. The fourth-order valence-corrected chi connectivity index (χ4v) is 9.66. The molecule has 276 valence electrons. The van der Waals surface area contributed by atoms with E-state index in [9.17, 15) is 67.5 Å². The summed E-state index contributed by atoms with van der Waals surface area (Å²) >= 11 is 8.84. The Labute approximate surface area is 281 Å². The molecule has 0 aliphatic carbocycles. The third kappa shape index (κ3) is 10.3. The van der Waals surface area contributed by atoms with Crippen LogP contribution in [-0.4, -0.2) is 103 Å².